The summed E-state index contributed by atoms with van der Waals surface area (Å²) in [6.45, 7) is 13.1. The Bertz CT molecular complexity index is 1010. The van der Waals surface area contributed by atoms with E-state index in [4.69, 9.17) is 10.00 Å². The van der Waals surface area contributed by atoms with E-state index in [2.05, 4.69) is 6.07 Å². The Hall–Kier alpha value is -3.33. The molecule has 1 atom stereocenters. The van der Waals surface area contributed by atoms with Crippen molar-refractivity contribution in [1.29, 1.82) is 5.26 Å². The summed E-state index contributed by atoms with van der Waals surface area (Å²) in [6, 6.07) is 9.21. The number of carbonyl (C=O) groups excluding carboxylic acids is 2. The highest BCUT2D eigenvalue weighted by molar-refractivity contribution is 5.99. The topological polar surface area (TPSA) is 75.3 Å². The Labute approximate surface area is 184 Å². The highest BCUT2D eigenvalue weighted by Crippen LogP contribution is 2.26. The van der Waals surface area contributed by atoms with Crippen molar-refractivity contribution in [3.8, 4) is 6.07 Å². The molecule has 0 N–H and O–H groups in total. The summed E-state index contributed by atoms with van der Waals surface area (Å²) in [4.78, 5) is 27.3. The lowest BCUT2D eigenvalue weighted by Crippen LogP contribution is -2.32. The smallest absolute Gasteiger partial charge is 0.340 e. The van der Waals surface area contributed by atoms with Crippen LogP contribution < -0.4 is 0 Å². The molecule has 164 valence electrons. The van der Waals surface area contributed by atoms with Crippen LogP contribution in [-0.2, 0) is 16.1 Å². The van der Waals surface area contributed by atoms with Gasteiger partial charge in [0.15, 0.2) is 0 Å². The number of benzene rings is 1. The van der Waals surface area contributed by atoms with E-state index in [-0.39, 0.29) is 17.9 Å². The zero-order valence-corrected chi connectivity index (χ0v) is 19.2. The zero-order valence-electron chi connectivity index (χ0n) is 19.2. The maximum Gasteiger partial charge on any atom is 0.340 e. The molecule has 1 unspecified atom stereocenters. The maximum atomic E-state index is 13.0. The van der Waals surface area contributed by atoms with Gasteiger partial charge in [-0.05, 0) is 65.3 Å². The van der Waals surface area contributed by atoms with E-state index >= 15 is 0 Å². The van der Waals surface area contributed by atoms with Crippen LogP contribution in [-0.4, -0.2) is 34.5 Å². The second-order valence-electron chi connectivity index (χ2n) is 7.29. The standard InChI is InChI=1S/C25H31N3O3/c1-7-27-18(5)22(24(19(27)6)25(30)31-9-3)14-15-23(29)28(8-2)17(4)21-12-10-20(16-26)11-13-21/h10-15,17H,7-9H2,1-6H3. The van der Waals surface area contributed by atoms with Gasteiger partial charge in [0.1, 0.15) is 0 Å². The monoisotopic (exact) mass is 421 g/mol. The molecule has 1 aromatic carbocycles. The quantitative estimate of drug-likeness (QED) is 0.453. The number of amides is 1. The Kier molecular flexibility index (Phi) is 8.21. The van der Waals surface area contributed by atoms with Gasteiger partial charge in [0.25, 0.3) is 0 Å². The summed E-state index contributed by atoms with van der Waals surface area (Å²) in [7, 11) is 0. The van der Waals surface area contributed by atoms with Crippen LogP contribution in [0.1, 0.15) is 72.2 Å². The molecule has 0 saturated heterocycles. The number of hydrogen-bond donors (Lipinski definition) is 0. The lowest BCUT2D eigenvalue weighted by atomic mass is 10.0. The molecule has 1 heterocycles. The normalized spacial score (nSPS) is 11.9. The van der Waals surface area contributed by atoms with Crippen LogP contribution in [0.25, 0.3) is 6.08 Å². The van der Waals surface area contributed by atoms with Crippen molar-refractivity contribution < 1.29 is 14.3 Å². The number of likely N-dealkylation sites (N-methyl/N-ethyl adjacent to an activating group) is 1. The molecule has 1 amide bonds. The third-order valence-corrected chi connectivity index (χ3v) is 5.63. The van der Waals surface area contributed by atoms with Gasteiger partial charge in [-0.3, -0.25) is 4.79 Å². The predicted molar refractivity (Wildman–Crippen MR) is 122 cm³/mol. The highest BCUT2D eigenvalue weighted by atomic mass is 16.5. The van der Waals surface area contributed by atoms with Gasteiger partial charge >= 0.3 is 5.97 Å². The Morgan fingerprint density at radius 3 is 2.32 bits per heavy atom. The summed E-state index contributed by atoms with van der Waals surface area (Å²) in [5, 5.41) is 8.99. The first-order chi connectivity index (χ1) is 14.8. The first-order valence-corrected chi connectivity index (χ1v) is 10.7. The van der Waals surface area contributed by atoms with Gasteiger partial charge in [0.05, 0.1) is 29.8 Å². The van der Waals surface area contributed by atoms with Gasteiger partial charge < -0.3 is 14.2 Å². The van der Waals surface area contributed by atoms with Crippen molar-refractivity contribution in [1.82, 2.24) is 9.47 Å². The minimum absolute atomic E-state index is 0.143. The van der Waals surface area contributed by atoms with Crippen molar-refractivity contribution in [2.45, 2.75) is 54.1 Å². The van der Waals surface area contributed by atoms with E-state index in [1.807, 2.05) is 51.3 Å². The SMILES string of the molecule is CCOC(=O)c1c(C=CC(=O)N(CC)C(C)c2ccc(C#N)cc2)c(C)n(CC)c1C. The average molecular weight is 422 g/mol. The number of hydrogen-bond acceptors (Lipinski definition) is 4. The number of carbonyl (C=O) groups is 2. The third-order valence-electron chi connectivity index (χ3n) is 5.63. The molecule has 2 rings (SSSR count). The fourth-order valence-electron chi connectivity index (χ4n) is 3.93. The van der Waals surface area contributed by atoms with Gasteiger partial charge in [0, 0.05) is 36.1 Å². The molecule has 0 aliphatic heterocycles. The molecule has 0 aliphatic carbocycles. The second kappa shape index (κ2) is 10.6. The summed E-state index contributed by atoms with van der Waals surface area (Å²) in [5.41, 5.74) is 4.53. The van der Waals surface area contributed by atoms with E-state index in [1.165, 1.54) is 6.08 Å². The van der Waals surface area contributed by atoms with Gasteiger partial charge in [-0.1, -0.05) is 12.1 Å². The van der Waals surface area contributed by atoms with Gasteiger partial charge in [0.2, 0.25) is 5.91 Å². The van der Waals surface area contributed by atoms with E-state index in [9.17, 15) is 9.59 Å². The molecule has 0 aliphatic rings. The van der Waals surface area contributed by atoms with Gasteiger partial charge in [-0.2, -0.15) is 5.26 Å². The van der Waals surface area contributed by atoms with Crippen LogP contribution >= 0.6 is 0 Å². The van der Waals surface area contributed by atoms with Crippen molar-refractivity contribution in [2.24, 2.45) is 0 Å². The van der Waals surface area contributed by atoms with Crippen molar-refractivity contribution >= 4 is 18.0 Å². The number of nitriles is 1. The van der Waals surface area contributed by atoms with Crippen LogP contribution in [0.3, 0.4) is 0 Å². The number of nitrogens with zero attached hydrogens (tertiary/aromatic N) is 3. The summed E-state index contributed by atoms with van der Waals surface area (Å²) in [6.07, 6.45) is 3.24. The van der Waals surface area contributed by atoms with E-state index in [1.54, 1.807) is 30.0 Å². The van der Waals surface area contributed by atoms with Crippen LogP contribution in [0.5, 0.6) is 0 Å². The van der Waals surface area contributed by atoms with E-state index < -0.39 is 0 Å². The Balaban J connectivity index is 2.35. The maximum absolute atomic E-state index is 13.0. The number of esters is 1. The number of aromatic nitrogens is 1. The molecular weight excluding hydrogens is 390 g/mol. The van der Waals surface area contributed by atoms with Crippen molar-refractivity contribution in [3.63, 3.8) is 0 Å². The molecule has 31 heavy (non-hydrogen) atoms. The first kappa shape index (κ1) is 23.9. The summed E-state index contributed by atoms with van der Waals surface area (Å²) in [5.74, 6) is -0.517. The zero-order chi connectivity index (χ0) is 23.1. The van der Waals surface area contributed by atoms with Crippen LogP contribution in [0, 0.1) is 25.2 Å². The molecule has 0 saturated carbocycles. The van der Waals surface area contributed by atoms with E-state index in [0.29, 0.717) is 29.8 Å². The summed E-state index contributed by atoms with van der Waals surface area (Å²) >= 11 is 0. The van der Waals surface area contributed by atoms with Crippen molar-refractivity contribution in [3.05, 3.63) is 64.0 Å². The minimum atomic E-state index is -0.374. The Morgan fingerprint density at radius 2 is 1.81 bits per heavy atom. The fourth-order valence-corrected chi connectivity index (χ4v) is 3.93. The van der Waals surface area contributed by atoms with Crippen LogP contribution in [0.15, 0.2) is 30.3 Å². The molecule has 0 radical (unpaired) electrons. The molecule has 1 aromatic heterocycles. The highest BCUT2D eigenvalue weighted by Gasteiger charge is 2.23. The van der Waals surface area contributed by atoms with Gasteiger partial charge in [-0.15, -0.1) is 0 Å². The number of rotatable bonds is 8. The Morgan fingerprint density at radius 1 is 1.16 bits per heavy atom. The second-order valence-corrected chi connectivity index (χ2v) is 7.29. The van der Waals surface area contributed by atoms with E-state index in [0.717, 1.165) is 23.5 Å². The predicted octanol–water partition coefficient (Wildman–Crippen LogP) is 4.80. The summed E-state index contributed by atoms with van der Waals surface area (Å²) < 4.78 is 7.30. The molecular formula is C25H31N3O3. The molecule has 6 nitrogen and oxygen atoms in total. The lowest BCUT2D eigenvalue weighted by Gasteiger charge is -2.27. The van der Waals surface area contributed by atoms with Gasteiger partial charge in [-0.25, -0.2) is 4.79 Å². The van der Waals surface area contributed by atoms with Crippen LogP contribution in [0.4, 0.5) is 0 Å². The third kappa shape index (κ3) is 5.05. The fraction of sp³-hybridized carbons (Fsp3) is 0.400. The molecule has 0 bridgehead atoms. The molecule has 0 spiro atoms. The molecule has 6 heteroatoms. The van der Waals surface area contributed by atoms with Crippen molar-refractivity contribution in [2.75, 3.05) is 13.2 Å². The number of ether oxygens (including phenoxy) is 1. The average Bonchev–Trinajstić information content (AvgIpc) is 3.01. The molecule has 2 aromatic rings. The largest absolute Gasteiger partial charge is 0.462 e. The first-order valence-electron chi connectivity index (χ1n) is 10.7. The lowest BCUT2D eigenvalue weighted by molar-refractivity contribution is -0.127. The molecule has 0 fully saturated rings. The van der Waals surface area contributed by atoms with Crippen LogP contribution in [0.2, 0.25) is 0 Å². The minimum Gasteiger partial charge on any atom is -0.462 e.